The molecule has 26 heavy (non-hydrogen) atoms. The maximum Gasteiger partial charge on any atom is 0.325 e. The maximum absolute atomic E-state index is 12.5. The van der Waals surface area contributed by atoms with Gasteiger partial charge in [-0.15, -0.1) is 0 Å². The second kappa shape index (κ2) is 7.32. The molecule has 140 valence electrons. The Balaban J connectivity index is 1.51. The first kappa shape index (κ1) is 18.8. The summed E-state index contributed by atoms with van der Waals surface area (Å²) < 4.78 is 0. The lowest BCUT2D eigenvalue weighted by Crippen LogP contribution is -2.44. The van der Waals surface area contributed by atoms with Gasteiger partial charge < -0.3 is 16.4 Å². The van der Waals surface area contributed by atoms with Crippen molar-refractivity contribution >= 4 is 52.4 Å². The van der Waals surface area contributed by atoms with Gasteiger partial charge in [-0.25, -0.2) is 4.79 Å². The zero-order valence-electron chi connectivity index (χ0n) is 14.1. The molecule has 3 rings (SSSR count). The van der Waals surface area contributed by atoms with Crippen molar-refractivity contribution in [2.45, 2.75) is 44.1 Å². The van der Waals surface area contributed by atoms with Crippen LogP contribution in [0.1, 0.15) is 38.5 Å². The Bertz CT molecular complexity index is 739. The molecule has 9 heteroatoms. The van der Waals surface area contributed by atoms with Crippen molar-refractivity contribution in [3.05, 3.63) is 22.2 Å². The third-order valence-electron chi connectivity index (χ3n) is 4.85. The summed E-state index contributed by atoms with van der Waals surface area (Å²) in [6, 6.07) is 2.67. The van der Waals surface area contributed by atoms with E-state index in [0.717, 1.165) is 12.8 Å². The Morgan fingerprint density at radius 2 is 1.85 bits per heavy atom. The van der Waals surface area contributed by atoms with Gasteiger partial charge in [0.1, 0.15) is 5.54 Å². The fourth-order valence-electron chi connectivity index (χ4n) is 3.47. The van der Waals surface area contributed by atoms with E-state index in [4.69, 9.17) is 28.9 Å². The topological polar surface area (TPSA) is 105 Å². The molecule has 1 heterocycles. The van der Waals surface area contributed by atoms with Crippen LogP contribution < -0.4 is 16.4 Å². The van der Waals surface area contributed by atoms with E-state index in [1.807, 2.05) is 0 Å². The Morgan fingerprint density at radius 1 is 1.23 bits per heavy atom. The van der Waals surface area contributed by atoms with Crippen molar-refractivity contribution < 1.29 is 14.4 Å². The molecule has 1 aromatic carbocycles. The molecule has 1 spiro atoms. The van der Waals surface area contributed by atoms with Crippen LogP contribution in [0.2, 0.25) is 10.0 Å². The van der Waals surface area contributed by atoms with Gasteiger partial charge in [-0.1, -0.05) is 36.0 Å². The van der Waals surface area contributed by atoms with E-state index in [1.165, 1.54) is 17.0 Å². The number of carbonyl (C=O) groups excluding carboxylic acids is 3. The minimum atomic E-state index is -0.711. The lowest BCUT2D eigenvalue weighted by Gasteiger charge is -2.19. The van der Waals surface area contributed by atoms with Gasteiger partial charge in [-0.05, 0) is 31.4 Å². The first-order valence-electron chi connectivity index (χ1n) is 8.51. The molecule has 1 saturated heterocycles. The first-order chi connectivity index (χ1) is 12.3. The van der Waals surface area contributed by atoms with E-state index < -0.39 is 5.54 Å². The van der Waals surface area contributed by atoms with E-state index in [1.54, 1.807) is 0 Å². The van der Waals surface area contributed by atoms with E-state index in [-0.39, 0.29) is 46.5 Å². The van der Waals surface area contributed by atoms with E-state index in [2.05, 4.69) is 10.6 Å². The summed E-state index contributed by atoms with van der Waals surface area (Å²) in [5, 5.41) is 6.02. The highest BCUT2D eigenvalue weighted by molar-refractivity contribution is 6.39. The van der Waals surface area contributed by atoms with E-state index in [0.29, 0.717) is 24.9 Å². The molecular formula is C17H20Cl2N4O3. The predicted octanol–water partition coefficient (Wildman–Crippen LogP) is 3.16. The van der Waals surface area contributed by atoms with Crippen molar-refractivity contribution in [1.82, 2.24) is 10.2 Å². The lowest BCUT2D eigenvalue weighted by molar-refractivity contribution is -0.131. The lowest BCUT2D eigenvalue weighted by atomic mass is 9.98. The van der Waals surface area contributed by atoms with E-state index in [9.17, 15) is 14.4 Å². The van der Waals surface area contributed by atoms with Gasteiger partial charge in [-0.2, -0.15) is 0 Å². The smallest absolute Gasteiger partial charge is 0.325 e. The minimum Gasteiger partial charge on any atom is -0.396 e. The molecule has 1 aliphatic carbocycles. The number of nitrogen functional groups attached to an aromatic ring is 1. The number of urea groups is 1. The van der Waals surface area contributed by atoms with Crippen LogP contribution in [0.5, 0.6) is 0 Å². The quantitative estimate of drug-likeness (QED) is 0.523. The molecule has 0 aromatic heterocycles. The average molecular weight is 399 g/mol. The Labute approximate surface area is 161 Å². The van der Waals surface area contributed by atoms with Crippen molar-refractivity contribution in [2.75, 3.05) is 17.6 Å². The molecule has 1 aromatic rings. The van der Waals surface area contributed by atoms with Crippen LogP contribution in [0.15, 0.2) is 12.1 Å². The van der Waals surface area contributed by atoms with Gasteiger partial charge in [0.05, 0.1) is 15.7 Å². The Hall–Kier alpha value is -1.99. The van der Waals surface area contributed by atoms with Gasteiger partial charge in [-0.3, -0.25) is 14.5 Å². The molecule has 0 atom stereocenters. The van der Waals surface area contributed by atoms with Crippen LogP contribution in [0.4, 0.5) is 16.2 Å². The first-order valence-corrected chi connectivity index (χ1v) is 9.26. The molecule has 2 fully saturated rings. The zero-order valence-corrected chi connectivity index (χ0v) is 15.6. The summed E-state index contributed by atoms with van der Waals surface area (Å²) in [5.74, 6) is -0.429. The number of nitrogens with zero attached hydrogens (tertiary/aromatic N) is 1. The number of hydrogen-bond donors (Lipinski definition) is 3. The number of carbonyl (C=O) groups is 3. The Kier molecular flexibility index (Phi) is 5.29. The van der Waals surface area contributed by atoms with Gasteiger partial charge in [0.2, 0.25) is 5.91 Å². The van der Waals surface area contributed by atoms with Crippen LogP contribution in [0.3, 0.4) is 0 Å². The molecule has 4 amide bonds. The normalized spacial score (nSPS) is 18.5. The molecular weight excluding hydrogens is 379 g/mol. The van der Waals surface area contributed by atoms with Crippen LogP contribution in [-0.2, 0) is 9.59 Å². The van der Waals surface area contributed by atoms with Crippen molar-refractivity contribution in [3.8, 4) is 0 Å². The number of rotatable bonds is 5. The molecule has 0 radical (unpaired) electrons. The summed E-state index contributed by atoms with van der Waals surface area (Å²) in [7, 11) is 0. The maximum atomic E-state index is 12.5. The van der Waals surface area contributed by atoms with Gasteiger partial charge in [0.25, 0.3) is 5.91 Å². The largest absolute Gasteiger partial charge is 0.396 e. The number of benzene rings is 1. The minimum absolute atomic E-state index is 0.156. The van der Waals surface area contributed by atoms with Crippen LogP contribution in [0.25, 0.3) is 0 Å². The molecule has 1 aliphatic heterocycles. The number of nitrogens with one attached hydrogen (secondary N) is 2. The number of halogens is 2. The fourth-order valence-corrected chi connectivity index (χ4v) is 3.96. The summed E-state index contributed by atoms with van der Waals surface area (Å²) in [4.78, 5) is 37.9. The number of amides is 4. The number of imide groups is 1. The molecule has 2 aliphatic rings. The summed E-state index contributed by atoms with van der Waals surface area (Å²) in [6.45, 7) is 0.211. The monoisotopic (exact) mass is 398 g/mol. The number of hydrogen-bond acceptors (Lipinski definition) is 4. The molecule has 1 saturated carbocycles. The van der Waals surface area contributed by atoms with Gasteiger partial charge in [0.15, 0.2) is 0 Å². The predicted molar refractivity (Wildman–Crippen MR) is 100 cm³/mol. The summed E-state index contributed by atoms with van der Waals surface area (Å²) in [6.07, 6.45) is 3.78. The highest BCUT2D eigenvalue weighted by atomic mass is 35.5. The number of anilines is 2. The second-order valence-electron chi connectivity index (χ2n) is 6.68. The molecule has 0 bridgehead atoms. The summed E-state index contributed by atoms with van der Waals surface area (Å²) >= 11 is 11.9. The SMILES string of the molecule is Nc1c(Cl)cc(NC(=O)CCCN2C(=O)NC3(CCCC3)C2=O)cc1Cl. The van der Waals surface area contributed by atoms with Gasteiger partial charge in [0, 0.05) is 18.7 Å². The number of nitrogens with two attached hydrogens (primary N) is 1. The third kappa shape index (κ3) is 3.59. The molecule has 0 unspecified atom stereocenters. The molecule has 7 nitrogen and oxygen atoms in total. The highest BCUT2D eigenvalue weighted by Crippen LogP contribution is 2.35. The fraction of sp³-hybridized carbons (Fsp3) is 0.471. The van der Waals surface area contributed by atoms with Crippen LogP contribution in [-0.4, -0.2) is 34.8 Å². The third-order valence-corrected chi connectivity index (χ3v) is 5.48. The average Bonchev–Trinajstić information content (AvgIpc) is 3.13. The van der Waals surface area contributed by atoms with Crippen LogP contribution in [0, 0.1) is 0 Å². The van der Waals surface area contributed by atoms with E-state index >= 15 is 0 Å². The standard InChI is InChI=1S/C17H20Cl2N4O3/c18-11-8-10(9-12(19)14(11)20)21-13(24)4-3-7-23-15(25)17(22-16(23)26)5-1-2-6-17/h8-9H,1-7,20H2,(H,21,24)(H,22,26). The van der Waals surface area contributed by atoms with Crippen molar-refractivity contribution in [2.24, 2.45) is 0 Å². The summed E-state index contributed by atoms with van der Waals surface area (Å²) in [5.41, 5.74) is 5.64. The van der Waals surface area contributed by atoms with Gasteiger partial charge >= 0.3 is 6.03 Å². The highest BCUT2D eigenvalue weighted by Gasteiger charge is 2.51. The Morgan fingerprint density at radius 3 is 2.46 bits per heavy atom. The van der Waals surface area contributed by atoms with Crippen LogP contribution >= 0.6 is 23.2 Å². The molecule has 4 N–H and O–H groups in total. The zero-order chi connectivity index (χ0) is 18.9. The van der Waals surface area contributed by atoms with Crippen molar-refractivity contribution in [3.63, 3.8) is 0 Å². The second-order valence-corrected chi connectivity index (χ2v) is 7.50. The van der Waals surface area contributed by atoms with Crippen molar-refractivity contribution in [1.29, 1.82) is 0 Å².